The van der Waals surface area contributed by atoms with Gasteiger partial charge in [0.25, 0.3) is 0 Å². The molecule has 3 aromatic carbocycles. The van der Waals surface area contributed by atoms with Crippen LogP contribution < -0.4 is 14.2 Å². The van der Waals surface area contributed by atoms with Crippen molar-refractivity contribution in [3.63, 3.8) is 0 Å². The molecule has 1 aliphatic heterocycles. The summed E-state index contributed by atoms with van der Waals surface area (Å²) in [6.45, 7) is 2.84. The number of thiophene rings is 1. The minimum atomic E-state index is -0.935. The van der Waals surface area contributed by atoms with Crippen molar-refractivity contribution >= 4 is 28.2 Å². The quantitative estimate of drug-likeness (QED) is 0.168. The third-order valence-electron chi connectivity index (χ3n) is 7.60. The largest absolute Gasteiger partial charge is 0.496 e. The average molecular weight is 592 g/mol. The first-order chi connectivity index (χ1) is 20.6. The lowest BCUT2D eigenvalue weighted by Gasteiger charge is -2.37. The monoisotopic (exact) mass is 591 g/mol. The molecular weight excluding hydrogens is 554 g/mol. The van der Waals surface area contributed by atoms with E-state index in [1.165, 1.54) is 10.5 Å². The van der Waals surface area contributed by atoms with E-state index < -0.39 is 6.09 Å². The van der Waals surface area contributed by atoms with E-state index in [-0.39, 0.29) is 25.2 Å². The van der Waals surface area contributed by atoms with Crippen LogP contribution in [0.25, 0.3) is 10.8 Å². The zero-order valence-electron chi connectivity index (χ0n) is 24.0. The van der Waals surface area contributed by atoms with E-state index in [9.17, 15) is 9.90 Å². The molecule has 2 unspecified atom stereocenters. The van der Waals surface area contributed by atoms with Crippen LogP contribution in [-0.4, -0.2) is 62.7 Å². The molecule has 8 nitrogen and oxygen atoms in total. The average Bonchev–Trinajstić information content (AvgIpc) is 3.55. The van der Waals surface area contributed by atoms with Crippen molar-refractivity contribution in [3.8, 4) is 17.2 Å². The number of benzene rings is 3. The first kappa shape index (κ1) is 29.7. The van der Waals surface area contributed by atoms with Gasteiger partial charge in [-0.3, -0.25) is 0 Å². The van der Waals surface area contributed by atoms with Crippen LogP contribution in [0, 0.1) is 0 Å². The Labute approximate surface area is 250 Å². The van der Waals surface area contributed by atoms with E-state index in [4.69, 9.17) is 23.7 Å². The maximum absolute atomic E-state index is 11.8. The normalized spacial score (nSPS) is 16.9. The number of hydrogen-bond donors (Lipinski definition) is 1. The lowest BCUT2D eigenvalue weighted by Crippen LogP contribution is -2.46. The van der Waals surface area contributed by atoms with E-state index in [1.54, 1.807) is 25.6 Å². The van der Waals surface area contributed by atoms with Crippen LogP contribution in [0.2, 0.25) is 0 Å². The molecular formula is C33H37NO7S. The minimum absolute atomic E-state index is 0.0356. The summed E-state index contributed by atoms with van der Waals surface area (Å²) in [6, 6.07) is 20.0. The van der Waals surface area contributed by atoms with Crippen LogP contribution in [-0.2, 0) is 22.7 Å². The second kappa shape index (κ2) is 14.4. The Morgan fingerprint density at radius 2 is 1.81 bits per heavy atom. The molecule has 1 saturated heterocycles. The summed E-state index contributed by atoms with van der Waals surface area (Å²) in [7, 11) is 3.30. The molecule has 42 heavy (non-hydrogen) atoms. The summed E-state index contributed by atoms with van der Waals surface area (Å²) < 4.78 is 29.6. The van der Waals surface area contributed by atoms with Crippen molar-refractivity contribution in [2.75, 3.05) is 40.5 Å². The van der Waals surface area contributed by atoms with Gasteiger partial charge in [0.1, 0.15) is 17.2 Å². The number of carbonyl (C=O) groups is 1. The fraction of sp³-hybridized carbons (Fsp3) is 0.364. The molecule has 1 aromatic heterocycles. The lowest BCUT2D eigenvalue weighted by molar-refractivity contribution is -0.0204. The van der Waals surface area contributed by atoms with Gasteiger partial charge in [-0.05, 0) is 52.6 Å². The zero-order chi connectivity index (χ0) is 29.3. The number of rotatable bonds is 13. The Bertz CT molecular complexity index is 1440. The van der Waals surface area contributed by atoms with Gasteiger partial charge in [0, 0.05) is 35.2 Å². The van der Waals surface area contributed by atoms with Gasteiger partial charge in [-0.15, -0.1) is 0 Å². The molecule has 222 valence electrons. The number of piperidine rings is 1. The van der Waals surface area contributed by atoms with Crippen LogP contribution in [0.15, 0.2) is 71.4 Å². The molecule has 0 saturated carbocycles. The van der Waals surface area contributed by atoms with Gasteiger partial charge in [0.2, 0.25) is 0 Å². The van der Waals surface area contributed by atoms with Crippen LogP contribution in [0.5, 0.6) is 17.2 Å². The van der Waals surface area contributed by atoms with Crippen molar-refractivity contribution in [2.45, 2.75) is 38.1 Å². The molecule has 2 heterocycles. The number of ether oxygens (including phenoxy) is 5. The van der Waals surface area contributed by atoms with E-state index >= 15 is 0 Å². The SMILES string of the molecule is COc1cc(COC2CN(C(=O)O)CCC2c2ccc(OCCCOCc3ccsc3)cc2)c(OC)c2ccccc12. The highest BCUT2D eigenvalue weighted by Crippen LogP contribution is 2.38. The molecule has 0 radical (unpaired) electrons. The first-order valence-corrected chi connectivity index (χ1v) is 15.0. The van der Waals surface area contributed by atoms with E-state index in [2.05, 4.69) is 29.0 Å². The van der Waals surface area contributed by atoms with Gasteiger partial charge in [0.05, 0.1) is 53.3 Å². The van der Waals surface area contributed by atoms with Crippen molar-refractivity contribution < 1.29 is 33.6 Å². The lowest BCUT2D eigenvalue weighted by atomic mass is 9.87. The molecule has 1 fully saturated rings. The topological polar surface area (TPSA) is 86.7 Å². The summed E-state index contributed by atoms with van der Waals surface area (Å²) in [5.41, 5.74) is 3.14. The summed E-state index contributed by atoms with van der Waals surface area (Å²) in [6.07, 6.45) is 0.203. The third kappa shape index (κ3) is 7.15. The molecule has 1 aliphatic rings. The van der Waals surface area contributed by atoms with Gasteiger partial charge in [-0.25, -0.2) is 4.79 Å². The van der Waals surface area contributed by atoms with Gasteiger partial charge in [-0.1, -0.05) is 36.4 Å². The maximum Gasteiger partial charge on any atom is 0.407 e. The van der Waals surface area contributed by atoms with Gasteiger partial charge < -0.3 is 33.7 Å². The molecule has 4 aromatic rings. The highest BCUT2D eigenvalue weighted by atomic mass is 32.1. The van der Waals surface area contributed by atoms with E-state index in [0.29, 0.717) is 32.8 Å². The Morgan fingerprint density at radius 1 is 1.00 bits per heavy atom. The van der Waals surface area contributed by atoms with Crippen molar-refractivity contribution in [2.24, 2.45) is 0 Å². The maximum atomic E-state index is 11.8. The van der Waals surface area contributed by atoms with Gasteiger partial charge >= 0.3 is 6.09 Å². The Balaban J connectivity index is 1.23. The number of fused-ring (bicyclic) bond motifs is 1. The fourth-order valence-electron chi connectivity index (χ4n) is 5.45. The van der Waals surface area contributed by atoms with Crippen LogP contribution >= 0.6 is 11.3 Å². The molecule has 0 aliphatic carbocycles. The summed E-state index contributed by atoms with van der Waals surface area (Å²) >= 11 is 1.67. The first-order valence-electron chi connectivity index (χ1n) is 14.1. The molecule has 2 atom stereocenters. The summed E-state index contributed by atoms with van der Waals surface area (Å²) in [4.78, 5) is 13.3. The number of hydrogen-bond acceptors (Lipinski definition) is 7. The van der Waals surface area contributed by atoms with Crippen molar-refractivity contribution in [3.05, 3.63) is 88.1 Å². The third-order valence-corrected chi connectivity index (χ3v) is 8.33. The van der Waals surface area contributed by atoms with Crippen LogP contribution in [0.3, 0.4) is 0 Å². The fourth-order valence-corrected chi connectivity index (χ4v) is 6.11. The minimum Gasteiger partial charge on any atom is -0.496 e. The van der Waals surface area contributed by atoms with Crippen molar-refractivity contribution in [1.29, 1.82) is 0 Å². The predicted octanol–water partition coefficient (Wildman–Crippen LogP) is 6.96. The Kier molecular flexibility index (Phi) is 10.2. The molecule has 0 bridgehead atoms. The number of amides is 1. The van der Waals surface area contributed by atoms with Crippen molar-refractivity contribution in [1.82, 2.24) is 4.90 Å². The number of carboxylic acid groups (broad SMARTS) is 1. The highest BCUT2D eigenvalue weighted by Gasteiger charge is 2.33. The standard InChI is InChI=1S/C33H37NO7S/c1-37-30-18-25(32(38-2)29-7-4-3-6-28(29)30)21-41-31-19-34(33(35)36)14-12-27(31)24-8-10-26(11-9-24)40-16-5-15-39-20-23-13-17-42-22-23/h3-4,6-11,13,17-18,22,27,31H,5,12,14-16,19-21H2,1-2H3,(H,35,36). The van der Waals surface area contributed by atoms with Gasteiger partial charge in [0.15, 0.2) is 0 Å². The highest BCUT2D eigenvalue weighted by molar-refractivity contribution is 7.07. The second-order valence-corrected chi connectivity index (χ2v) is 11.0. The smallest absolute Gasteiger partial charge is 0.407 e. The number of methoxy groups -OCH3 is 2. The predicted molar refractivity (Wildman–Crippen MR) is 163 cm³/mol. The molecule has 1 N–H and O–H groups in total. The molecule has 9 heteroatoms. The summed E-state index contributed by atoms with van der Waals surface area (Å²) in [5, 5.41) is 15.7. The van der Waals surface area contributed by atoms with E-state index in [0.717, 1.165) is 45.6 Å². The molecule has 5 rings (SSSR count). The zero-order valence-corrected chi connectivity index (χ0v) is 24.8. The van der Waals surface area contributed by atoms with Crippen LogP contribution in [0.4, 0.5) is 4.79 Å². The number of nitrogens with zero attached hydrogens (tertiary/aromatic N) is 1. The van der Waals surface area contributed by atoms with Crippen LogP contribution in [0.1, 0.15) is 35.4 Å². The number of likely N-dealkylation sites (tertiary alicyclic amines) is 1. The van der Waals surface area contributed by atoms with E-state index in [1.807, 2.05) is 42.5 Å². The Morgan fingerprint density at radius 3 is 2.52 bits per heavy atom. The molecule has 0 spiro atoms. The summed E-state index contributed by atoms with van der Waals surface area (Å²) in [5.74, 6) is 2.30. The van der Waals surface area contributed by atoms with Gasteiger partial charge in [-0.2, -0.15) is 11.3 Å². The molecule has 1 amide bonds. The Hall–Kier alpha value is -3.79. The second-order valence-electron chi connectivity index (χ2n) is 10.2.